The molecule has 1 aromatic heterocycles. The quantitative estimate of drug-likeness (QED) is 0.825. The van der Waals surface area contributed by atoms with Crippen LogP contribution in [0.3, 0.4) is 0 Å². The van der Waals surface area contributed by atoms with Crippen LogP contribution in [0, 0.1) is 0 Å². The summed E-state index contributed by atoms with van der Waals surface area (Å²) in [7, 11) is -2.16. The zero-order chi connectivity index (χ0) is 13.8. The molecule has 1 heterocycles. The topological polar surface area (TPSA) is 85.5 Å². The smallest absolute Gasteiger partial charge is 0.262 e. The van der Waals surface area contributed by atoms with Gasteiger partial charge in [0.05, 0.1) is 12.3 Å². The van der Waals surface area contributed by atoms with Crippen LogP contribution in [-0.2, 0) is 14.8 Å². The largest absolute Gasteiger partial charge is 0.396 e. The van der Waals surface area contributed by atoms with Gasteiger partial charge in [-0.25, -0.2) is 13.4 Å². The molecule has 1 rings (SSSR count). The van der Waals surface area contributed by atoms with Crippen molar-refractivity contribution in [1.82, 2.24) is 9.29 Å². The first-order valence-electron chi connectivity index (χ1n) is 5.62. The van der Waals surface area contributed by atoms with Crippen molar-refractivity contribution in [3.8, 4) is 0 Å². The summed E-state index contributed by atoms with van der Waals surface area (Å²) in [5.74, 6) is 0. The maximum absolute atomic E-state index is 12.4. The van der Waals surface area contributed by atoms with Gasteiger partial charge in [0.15, 0.2) is 5.03 Å². The molecule has 6 nitrogen and oxygen atoms in total. The number of pyridine rings is 1. The molecule has 7 heteroatoms. The van der Waals surface area contributed by atoms with E-state index in [2.05, 4.69) is 4.98 Å². The van der Waals surface area contributed by atoms with Crippen molar-refractivity contribution in [2.45, 2.75) is 24.9 Å². The molecule has 0 saturated heterocycles. The second kappa shape index (κ2) is 6.12. The van der Waals surface area contributed by atoms with E-state index in [1.54, 1.807) is 19.9 Å². The van der Waals surface area contributed by atoms with Crippen LogP contribution in [0.1, 0.15) is 13.8 Å². The summed E-state index contributed by atoms with van der Waals surface area (Å²) >= 11 is 0. The Hall–Kier alpha value is -1.18. The fourth-order valence-electron chi connectivity index (χ4n) is 1.57. The van der Waals surface area contributed by atoms with E-state index in [9.17, 15) is 8.42 Å². The van der Waals surface area contributed by atoms with Crippen molar-refractivity contribution in [3.63, 3.8) is 0 Å². The summed E-state index contributed by atoms with van der Waals surface area (Å²) in [6, 6.07) is 2.93. The highest BCUT2D eigenvalue weighted by Crippen LogP contribution is 2.20. The SMILES string of the molecule is COCCN(C(C)C)S(=O)(=O)c1ncccc1N. The van der Waals surface area contributed by atoms with Crippen molar-refractivity contribution >= 4 is 15.7 Å². The molecule has 0 saturated carbocycles. The summed E-state index contributed by atoms with van der Waals surface area (Å²) in [4.78, 5) is 3.87. The average Bonchev–Trinajstić information content (AvgIpc) is 2.29. The molecule has 1 aromatic rings. The zero-order valence-corrected chi connectivity index (χ0v) is 11.6. The van der Waals surface area contributed by atoms with E-state index in [1.165, 1.54) is 23.7 Å². The number of nitrogens with two attached hydrogens (primary N) is 1. The molecule has 0 amide bonds. The van der Waals surface area contributed by atoms with E-state index in [4.69, 9.17) is 10.5 Å². The number of nitrogens with zero attached hydrogens (tertiary/aromatic N) is 2. The lowest BCUT2D eigenvalue weighted by Crippen LogP contribution is -2.39. The Balaban J connectivity index is 3.14. The first-order chi connectivity index (χ1) is 8.41. The third kappa shape index (κ3) is 3.18. The lowest BCUT2D eigenvalue weighted by Gasteiger charge is -2.25. The highest BCUT2D eigenvalue weighted by molar-refractivity contribution is 7.89. The van der Waals surface area contributed by atoms with E-state index in [-0.39, 0.29) is 23.3 Å². The minimum Gasteiger partial charge on any atom is -0.396 e. The van der Waals surface area contributed by atoms with Gasteiger partial charge in [0.2, 0.25) is 0 Å². The van der Waals surface area contributed by atoms with Crippen molar-refractivity contribution in [1.29, 1.82) is 0 Å². The fourth-order valence-corrected chi connectivity index (χ4v) is 3.22. The van der Waals surface area contributed by atoms with Gasteiger partial charge in [-0.05, 0) is 26.0 Å². The molecule has 102 valence electrons. The molecule has 0 spiro atoms. The van der Waals surface area contributed by atoms with Gasteiger partial charge in [-0.3, -0.25) is 0 Å². The number of rotatable bonds is 6. The molecule has 0 aromatic carbocycles. The van der Waals surface area contributed by atoms with Crippen molar-refractivity contribution in [3.05, 3.63) is 18.3 Å². The van der Waals surface area contributed by atoms with E-state index in [1.807, 2.05) is 0 Å². The molecule has 0 aliphatic heterocycles. The Morgan fingerprint density at radius 1 is 1.50 bits per heavy atom. The highest BCUT2D eigenvalue weighted by Gasteiger charge is 2.29. The second-order valence-corrected chi connectivity index (χ2v) is 5.91. The zero-order valence-electron chi connectivity index (χ0n) is 10.8. The van der Waals surface area contributed by atoms with E-state index < -0.39 is 10.0 Å². The number of nitrogen functional groups attached to an aromatic ring is 1. The van der Waals surface area contributed by atoms with Crippen LogP contribution >= 0.6 is 0 Å². The number of hydrogen-bond acceptors (Lipinski definition) is 5. The summed E-state index contributed by atoms with van der Waals surface area (Å²) < 4.78 is 31.1. The first kappa shape index (κ1) is 14.9. The Morgan fingerprint density at radius 3 is 2.67 bits per heavy atom. The van der Waals surface area contributed by atoms with Crippen LogP contribution in [0.2, 0.25) is 0 Å². The van der Waals surface area contributed by atoms with Gasteiger partial charge in [0.25, 0.3) is 10.0 Å². The number of hydrogen-bond donors (Lipinski definition) is 1. The molecule has 0 atom stereocenters. The lowest BCUT2D eigenvalue weighted by molar-refractivity contribution is 0.170. The van der Waals surface area contributed by atoms with Crippen LogP contribution in [-0.4, -0.2) is 44.0 Å². The normalized spacial score (nSPS) is 12.3. The third-order valence-corrected chi connectivity index (χ3v) is 4.50. The number of ether oxygens (including phenoxy) is 1. The van der Waals surface area contributed by atoms with Crippen molar-refractivity contribution in [2.75, 3.05) is 26.0 Å². The van der Waals surface area contributed by atoms with Crippen LogP contribution in [0.4, 0.5) is 5.69 Å². The Kier molecular flexibility index (Phi) is 5.06. The van der Waals surface area contributed by atoms with Crippen molar-refractivity contribution < 1.29 is 13.2 Å². The molecule has 0 aliphatic carbocycles. The molecule has 18 heavy (non-hydrogen) atoms. The minimum absolute atomic E-state index is 0.102. The van der Waals surface area contributed by atoms with Gasteiger partial charge in [0, 0.05) is 25.9 Å². The Bertz CT molecular complexity index is 488. The number of anilines is 1. The van der Waals surface area contributed by atoms with Gasteiger partial charge in [0.1, 0.15) is 0 Å². The molecule has 0 bridgehead atoms. The van der Waals surface area contributed by atoms with Gasteiger partial charge in [-0.15, -0.1) is 0 Å². The Morgan fingerprint density at radius 2 is 2.17 bits per heavy atom. The molecular weight excluding hydrogens is 254 g/mol. The third-order valence-electron chi connectivity index (χ3n) is 2.45. The van der Waals surface area contributed by atoms with E-state index in [0.29, 0.717) is 6.61 Å². The molecule has 2 N–H and O–H groups in total. The van der Waals surface area contributed by atoms with Crippen LogP contribution < -0.4 is 5.73 Å². The second-order valence-electron chi connectivity index (χ2n) is 4.10. The first-order valence-corrected chi connectivity index (χ1v) is 7.06. The number of methoxy groups -OCH3 is 1. The van der Waals surface area contributed by atoms with E-state index in [0.717, 1.165) is 0 Å². The summed E-state index contributed by atoms with van der Waals surface area (Å²) in [5, 5.41) is -0.102. The van der Waals surface area contributed by atoms with Crippen LogP contribution in [0.15, 0.2) is 23.4 Å². The maximum atomic E-state index is 12.4. The monoisotopic (exact) mass is 273 g/mol. The molecule has 0 aliphatic rings. The lowest BCUT2D eigenvalue weighted by atomic mass is 10.4. The van der Waals surface area contributed by atoms with Crippen LogP contribution in [0.5, 0.6) is 0 Å². The van der Waals surface area contributed by atoms with Gasteiger partial charge >= 0.3 is 0 Å². The number of aromatic nitrogens is 1. The molecule has 0 radical (unpaired) electrons. The maximum Gasteiger partial charge on any atom is 0.262 e. The summed E-state index contributed by atoms with van der Waals surface area (Å²) in [5.41, 5.74) is 5.83. The fraction of sp³-hybridized carbons (Fsp3) is 0.545. The Labute approximate surface area is 108 Å². The van der Waals surface area contributed by atoms with E-state index >= 15 is 0 Å². The highest BCUT2D eigenvalue weighted by atomic mass is 32.2. The predicted molar refractivity (Wildman–Crippen MR) is 69.6 cm³/mol. The molecule has 0 unspecified atom stereocenters. The minimum atomic E-state index is -3.69. The molecular formula is C11H19N3O3S. The molecule has 0 fully saturated rings. The van der Waals surface area contributed by atoms with Crippen molar-refractivity contribution in [2.24, 2.45) is 0 Å². The van der Waals surface area contributed by atoms with Gasteiger partial charge in [-0.2, -0.15) is 4.31 Å². The van der Waals surface area contributed by atoms with Gasteiger partial charge in [-0.1, -0.05) is 0 Å². The predicted octanol–water partition coefficient (Wildman–Crippen LogP) is 0.709. The average molecular weight is 273 g/mol. The number of sulfonamides is 1. The standard InChI is InChI=1S/C11H19N3O3S/c1-9(2)14(7-8-17-3)18(15,16)11-10(12)5-4-6-13-11/h4-6,9H,7-8,12H2,1-3H3. The summed E-state index contributed by atoms with van der Waals surface area (Å²) in [6.45, 7) is 4.19. The van der Waals surface area contributed by atoms with Gasteiger partial charge < -0.3 is 10.5 Å². The van der Waals surface area contributed by atoms with Crippen LogP contribution in [0.25, 0.3) is 0 Å². The summed E-state index contributed by atoms with van der Waals surface area (Å²) in [6.07, 6.45) is 1.41.